The van der Waals surface area contributed by atoms with Gasteiger partial charge in [-0.3, -0.25) is 0 Å². The minimum atomic E-state index is -3.49. The Morgan fingerprint density at radius 1 is 1.05 bits per heavy atom. The summed E-state index contributed by atoms with van der Waals surface area (Å²) in [4.78, 5) is 0.313. The SMILES string of the molecule is COc1ccc(CNS(=O)(=O)c2ccccc2C)cc1. The monoisotopic (exact) mass is 291 g/mol. The number of nitrogens with one attached hydrogen (secondary N) is 1. The predicted octanol–water partition coefficient (Wildman–Crippen LogP) is 2.48. The number of aryl methyl sites for hydroxylation is 1. The Labute approximate surface area is 119 Å². The van der Waals surface area contributed by atoms with Crippen LogP contribution < -0.4 is 9.46 Å². The number of benzene rings is 2. The molecule has 2 aromatic carbocycles. The van der Waals surface area contributed by atoms with Crippen molar-refractivity contribution < 1.29 is 13.2 Å². The number of ether oxygens (including phenoxy) is 1. The number of hydrogen-bond donors (Lipinski definition) is 1. The second-order valence-corrected chi connectivity index (χ2v) is 6.17. The number of rotatable bonds is 5. The van der Waals surface area contributed by atoms with Crippen LogP contribution in [0.25, 0.3) is 0 Å². The average Bonchev–Trinajstić information content (AvgIpc) is 2.46. The van der Waals surface area contributed by atoms with E-state index in [1.54, 1.807) is 44.4 Å². The maximum atomic E-state index is 12.2. The largest absolute Gasteiger partial charge is 0.497 e. The van der Waals surface area contributed by atoms with Crippen molar-refractivity contribution in [1.29, 1.82) is 0 Å². The van der Waals surface area contributed by atoms with Gasteiger partial charge >= 0.3 is 0 Å². The van der Waals surface area contributed by atoms with Crippen LogP contribution in [0, 0.1) is 6.92 Å². The fourth-order valence-corrected chi connectivity index (χ4v) is 3.12. The molecular formula is C15H17NO3S. The summed E-state index contributed by atoms with van der Waals surface area (Å²) in [6.07, 6.45) is 0. The van der Waals surface area contributed by atoms with Gasteiger partial charge in [0.25, 0.3) is 0 Å². The summed E-state index contributed by atoms with van der Waals surface area (Å²) in [5, 5.41) is 0. The van der Waals surface area contributed by atoms with E-state index in [1.807, 2.05) is 18.2 Å². The van der Waals surface area contributed by atoms with Crippen LogP contribution in [0.5, 0.6) is 5.75 Å². The van der Waals surface area contributed by atoms with Gasteiger partial charge in [-0.1, -0.05) is 30.3 Å². The maximum Gasteiger partial charge on any atom is 0.241 e. The molecule has 106 valence electrons. The first-order chi connectivity index (χ1) is 9.53. The van der Waals surface area contributed by atoms with E-state index in [9.17, 15) is 8.42 Å². The molecule has 0 aliphatic carbocycles. The van der Waals surface area contributed by atoms with Crippen molar-refractivity contribution in [2.24, 2.45) is 0 Å². The molecule has 0 aromatic heterocycles. The molecule has 0 saturated carbocycles. The van der Waals surface area contributed by atoms with Crippen LogP contribution in [0.4, 0.5) is 0 Å². The molecule has 0 saturated heterocycles. The van der Waals surface area contributed by atoms with Gasteiger partial charge < -0.3 is 4.74 Å². The lowest BCUT2D eigenvalue weighted by Gasteiger charge is -2.09. The van der Waals surface area contributed by atoms with Gasteiger partial charge in [0.05, 0.1) is 12.0 Å². The fraction of sp³-hybridized carbons (Fsp3) is 0.200. The van der Waals surface area contributed by atoms with Crippen molar-refractivity contribution in [3.63, 3.8) is 0 Å². The van der Waals surface area contributed by atoms with Crippen LogP contribution in [-0.2, 0) is 16.6 Å². The van der Waals surface area contributed by atoms with E-state index in [0.29, 0.717) is 4.90 Å². The highest BCUT2D eigenvalue weighted by Gasteiger charge is 2.15. The zero-order valence-electron chi connectivity index (χ0n) is 11.5. The van der Waals surface area contributed by atoms with E-state index >= 15 is 0 Å². The highest BCUT2D eigenvalue weighted by atomic mass is 32.2. The standard InChI is InChI=1S/C15H17NO3S/c1-12-5-3-4-6-15(12)20(17,18)16-11-13-7-9-14(19-2)10-8-13/h3-10,16H,11H2,1-2H3. The smallest absolute Gasteiger partial charge is 0.241 e. The molecule has 2 rings (SSSR count). The molecule has 2 aromatic rings. The van der Waals surface area contributed by atoms with Crippen molar-refractivity contribution in [3.8, 4) is 5.75 Å². The summed E-state index contributed by atoms with van der Waals surface area (Å²) in [5.74, 6) is 0.746. The Balaban J connectivity index is 2.11. The summed E-state index contributed by atoms with van der Waals surface area (Å²) < 4.78 is 32.1. The third-order valence-electron chi connectivity index (χ3n) is 3.01. The van der Waals surface area contributed by atoms with Gasteiger partial charge in [0, 0.05) is 6.54 Å². The zero-order valence-corrected chi connectivity index (χ0v) is 12.3. The number of methoxy groups -OCH3 is 1. The van der Waals surface area contributed by atoms with Gasteiger partial charge in [-0.25, -0.2) is 13.1 Å². The van der Waals surface area contributed by atoms with E-state index in [0.717, 1.165) is 16.9 Å². The van der Waals surface area contributed by atoms with E-state index in [2.05, 4.69) is 4.72 Å². The highest BCUT2D eigenvalue weighted by Crippen LogP contribution is 2.15. The second-order valence-electron chi connectivity index (χ2n) is 4.44. The Hall–Kier alpha value is -1.85. The summed E-state index contributed by atoms with van der Waals surface area (Å²) in [6, 6.07) is 14.2. The van der Waals surface area contributed by atoms with Crippen molar-refractivity contribution >= 4 is 10.0 Å². The molecule has 4 nitrogen and oxygen atoms in total. The van der Waals surface area contributed by atoms with Crippen LogP contribution in [-0.4, -0.2) is 15.5 Å². The first kappa shape index (κ1) is 14.6. The minimum Gasteiger partial charge on any atom is -0.497 e. The van der Waals surface area contributed by atoms with Crippen LogP contribution >= 0.6 is 0 Å². The minimum absolute atomic E-state index is 0.251. The van der Waals surface area contributed by atoms with Crippen LogP contribution in [0.1, 0.15) is 11.1 Å². The molecule has 0 radical (unpaired) electrons. The molecule has 0 heterocycles. The molecular weight excluding hydrogens is 274 g/mol. The molecule has 1 N–H and O–H groups in total. The van der Waals surface area contributed by atoms with Gasteiger partial charge in [0.1, 0.15) is 5.75 Å². The topological polar surface area (TPSA) is 55.4 Å². The molecule has 0 unspecified atom stereocenters. The Kier molecular flexibility index (Phi) is 4.42. The molecule has 0 fully saturated rings. The summed E-state index contributed by atoms with van der Waals surface area (Å²) in [6.45, 7) is 2.03. The van der Waals surface area contributed by atoms with E-state index in [4.69, 9.17) is 4.74 Å². The first-order valence-electron chi connectivity index (χ1n) is 6.21. The van der Waals surface area contributed by atoms with Gasteiger partial charge in [-0.05, 0) is 36.2 Å². The Morgan fingerprint density at radius 2 is 1.70 bits per heavy atom. The second kappa shape index (κ2) is 6.07. The Morgan fingerprint density at radius 3 is 2.30 bits per heavy atom. The van der Waals surface area contributed by atoms with E-state index in [-0.39, 0.29) is 6.54 Å². The normalized spacial score (nSPS) is 11.3. The van der Waals surface area contributed by atoms with Gasteiger partial charge in [0.15, 0.2) is 0 Å². The number of hydrogen-bond acceptors (Lipinski definition) is 3. The molecule has 20 heavy (non-hydrogen) atoms. The molecule has 0 atom stereocenters. The lowest BCUT2D eigenvalue weighted by molar-refractivity contribution is 0.414. The van der Waals surface area contributed by atoms with Crippen LogP contribution in [0.15, 0.2) is 53.4 Å². The van der Waals surface area contributed by atoms with Crippen molar-refractivity contribution in [3.05, 3.63) is 59.7 Å². The Bertz CT molecular complexity index is 679. The fourth-order valence-electron chi connectivity index (χ4n) is 1.86. The summed E-state index contributed by atoms with van der Waals surface area (Å²) >= 11 is 0. The third-order valence-corrected chi connectivity index (χ3v) is 4.57. The zero-order chi connectivity index (χ0) is 14.6. The molecule has 5 heteroatoms. The van der Waals surface area contributed by atoms with Gasteiger partial charge in [0.2, 0.25) is 10.0 Å². The molecule has 0 bridgehead atoms. The molecule has 0 amide bonds. The summed E-state index contributed by atoms with van der Waals surface area (Å²) in [7, 11) is -1.89. The van der Waals surface area contributed by atoms with Crippen molar-refractivity contribution in [1.82, 2.24) is 4.72 Å². The molecule has 0 spiro atoms. The van der Waals surface area contributed by atoms with Crippen molar-refractivity contribution in [2.45, 2.75) is 18.4 Å². The summed E-state index contributed by atoms with van der Waals surface area (Å²) in [5.41, 5.74) is 1.61. The van der Waals surface area contributed by atoms with E-state index < -0.39 is 10.0 Å². The average molecular weight is 291 g/mol. The lowest BCUT2D eigenvalue weighted by atomic mass is 10.2. The number of sulfonamides is 1. The lowest BCUT2D eigenvalue weighted by Crippen LogP contribution is -2.23. The quantitative estimate of drug-likeness (QED) is 0.920. The van der Waals surface area contributed by atoms with Crippen molar-refractivity contribution in [2.75, 3.05) is 7.11 Å². The molecule has 0 aliphatic heterocycles. The third kappa shape index (κ3) is 3.37. The van der Waals surface area contributed by atoms with Crippen LogP contribution in [0.2, 0.25) is 0 Å². The van der Waals surface area contributed by atoms with Crippen LogP contribution in [0.3, 0.4) is 0 Å². The highest BCUT2D eigenvalue weighted by molar-refractivity contribution is 7.89. The van der Waals surface area contributed by atoms with Gasteiger partial charge in [-0.2, -0.15) is 0 Å². The van der Waals surface area contributed by atoms with Gasteiger partial charge in [-0.15, -0.1) is 0 Å². The molecule has 0 aliphatic rings. The van der Waals surface area contributed by atoms with E-state index in [1.165, 1.54) is 0 Å². The first-order valence-corrected chi connectivity index (χ1v) is 7.69. The predicted molar refractivity (Wildman–Crippen MR) is 78.2 cm³/mol. The maximum absolute atomic E-state index is 12.2.